The number of nitrogens with two attached hydrogens (primary N) is 1. The third-order valence-electron chi connectivity index (χ3n) is 5.11. The van der Waals surface area contributed by atoms with Gasteiger partial charge in [0.2, 0.25) is 0 Å². The molecular weight excluding hydrogens is 371 g/mol. The van der Waals surface area contributed by atoms with Crippen molar-refractivity contribution in [1.29, 1.82) is 0 Å². The number of aryl methyl sites for hydroxylation is 1. The number of anilines is 1. The van der Waals surface area contributed by atoms with Crippen molar-refractivity contribution in [3.05, 3.63) is 53.0 Å². The lowest BCUT2D eigenvalue weighted by Gasteiger charge is -2.32. The van der Waals surface area contributed by atoms with E-state index in [-0.39, 0.29) is 24.8 Å². The van der Waals surface area contributed by atoms with Crippen molar-refractivity contribution in [1.82, 2.24) is 9.97 Å². The lowest BCUT2D eigenvalue weighted by atomic mass is 9.78. The number of benzene rings is 1. The molecule has 0 spiro atoms. The molecule has 142 valence electrons. The average Bonchev–Trinajstić information content (AvgIpc) is 2.95. The molecule has 0 bridgehead atoms. The average molecular weight is 397 g/mol. The second-order valence-corrected chi connectivity index (χ2v) is 6.89. The third kappa shape index (κ3) is 4.29. The molecule has 7 heteroatoms. The molecule has 1 saturated carbocycles. The Balaban J connectivity index is 0.00000121. The molecule has 0 amide bonds. The number of aromatic nitrogens is 2. The molecule has 0 saturated heterocycles. The highest BCUT2D eigenvalue weighted by atomic mass is 35.5. The fourth-order valence-corrected chi connectivity index (χ4v) is 3.78. The number of fused-ring (bicyclic) bond motifs is 1. The van der Waals surface area contributed by atoms with Gasteiger partial charge in [0.25, 0.3) is 0 Å². The number of methoxy groups -OCH3 is 1. The summed E-state index contributed by atoms with van der Waals surface area (Å²) in [5.41, 5.74) is 9.85. The Labute approximate surface area is 167 Å². The molecule has 2 aromatic rings. The lowest BCUT2D eigenvalue weighted by molar-refractivity contribution is 0.177. The number of ether oxygens (including phenoxy) is 1. The molecule has 1 fully saturated rings. The van der Waals surface area contributed by atoms with E-state index in [9.17, 15) is 0 Å². The molecule has 0 aliphatic heterocycles. The van der Waals surface area contributed by atoms with Gasteiger partial charge in [-0.3, -0.25) is 0 Å². The molecule has 5 nitrogen and oxygen atoms in total. The summed E-state index contributed by atoms with van der Waals surface area (Å²) >= 11 is 0. The van der Waals surface area contributed by atoms with Gasteiger partial charge < -0.3 is 15.8 Å². The van der Waals surface area contributed by atoms with Gasteiger partial charge in [0.1, 0.15) is 12.4 Å². The first-order valence-electron chi connectivity index (χ1n) is 8.69. The highest BCUT2D eigenvalue weighted by molar-refractivity contribution is 5.85. The topological polar surface area (TPSA) is 73.1 Å². The first kappa shape index (κ1) is 20.9. The van der Waals surface area contributed by atoms with E-state index in [0.29, 0.717) is 24.6 Å². The summed E-state index contributed by atoms with van der Waals surface area (Å²) in [6.07, 6.45) is 4.24. The summed E-state index contributed by atoms with van der Waals surface area (Å²) in [6, 6.07) is 11.4. The van der Waals surface area contributed by atoms with Crippen LogP contribution in [0, 0.1) is 0 Å². The Morgan fingerprint density at radius 1 is 1.19 bits per heavy atom. The third-order valence-corrected chi connectivity index (χ3v) is 5.11. The zero-order valence-electron chi connectivity index (χ0n) is 14.9. The molecule has 26 heavy (non-hydrogen) atoms. The van der Waals surface area contributed by atoms with Crippen LogP contribution in [0.25, 0.3) is 0 Å². The maximum Gasteiger partial charge on any atom is 0.156 e. The maximum atomic E-state index is 5.94. The Morgan fingerprint density at radius 3 is 2.69 bits per heavy atom. The van der Waals surface area contributed by atoms with E-state index in [1.165, 1.54) is 11.1 Å². The Morgan fingerprint density at radius 2 is 1.96 bits per heavy atom. The molecular formula is C19H26Cl2N4O. The van der Waals surface area contributed by atoms with Crippen LogP contribution in [-0.2, 0) is 17.8 Å². The standard InChI is InChI=1S/C19H24N4O.2ClH/c1-24-11-19-22-17(13-8-14(20)9-13)10-18(23-19)21-16-7-6-12-4-2-3-5-15(12)16;;/h2-5,10,13-14,16H,6-9,11,20H2,1H3,(H,21,22,23);2*1H/t13?,14?,16-;;/m1../s1. The van der Waals surface area contributed by atoms with Crippen LogP contribution in [0.15, 0.2) is 30.3 Å². The molecule has 0 unspecified atom stereocenters. The predicted octanol–water partition coefficient (Wildman–Crippen LogP) is 3.77. The van der Waals surface area contributed by atoms with Gasteiger partial charge >= 0.3 is 0 Å². The normalized spacial score (nSPS) is 23.2. The second-order valence-electron chi connectivity index (χ2n) is 6.89. The van der Waals surface area contributed by atoms with Crippen LogP contribution in [0.1, 0.15) is 53.9 Å². The van der Waals surface area contributed by atoms with Crippen molar-refractivity contribution in [2.24, 2.45) is 5.73 Å². The highest BCUT2D eigenvalue weighted by Gasteiger charge is 2.29. The van der Waals surface area contributed by atoms with Gasteiger partial charge in [-0.1, -0.05) is 24.3 Å². The zero-order chi connectivity index (χ0) is 16.5. The SMILES string of the molecule is COCc1nc(N[C@@H]2CCc3ccccc32)cc(C2CC(N)C2)n1.Cl.Cl. The molecule has 0 radical (unpaired) electrons. The van der Waals surface area contributed by atoms with Crippen LogP contribution in [0.5, 0.6) is 0 Å². The van der Waals surface area contributed by atoms with Crippen LogP contribution in [0.2, 0.25) is 0 Å². The first-order valence-corrected chi connectivity index (χ1v) is 8.69. The van der Waals surface area contributed by atoms with E-state index in [1.807, 2.05) is 0 Å². The largest absolute Gasteiger partial charge is 0.377 e. The van der Waals surface area contributed by atoms with Gasteiger partial charge in [-0.15, -0.1) is 24.8 Å². The summed E-state index contributed by atoms with van der Waals surface area (Å²) < 4.78 is 5.24. The second kappa shape index (κ2) is 9.00. The van der Waals surface area contributed by atoms with Crippen LogP contribution in [0.4, 0.5) is 5.82 Å². The monoisotopic (exact) mass is 396 g/mol. The molecule has 3 N–H and O–H groups in total. The van der Waals surface area contributed by atoms with Crippen LogP contribution < -0.4 is 11.1 Å². The first-order chi connectivity index (χ1) is 11.7. The maximum absolute atomic E-state index is 5.94. The van der Waals surface area contributed by atoms with E-state index < -0.39 is 0 Å². The van der Waals surface area contributed by atoms with Crippen molar-refractivity contribution in [3.8, 4) is 0 Å². The fraction of sp³-hybridized carbons (Fsp3) is 0.474. The Bertz CT molecular complexity index is 737. The van der Waals surface area contributed by atoms with E-state index in [0.717, 1.165) is 43.0 Å². The number of rotatable bonds is 5. The summed E-state index contributed by atoms with van der Waals surface area (Å²) in [4.78, 5) is 9.31. The number of hydrogen-bond acceptors (Lipinski definition) is 5. The molecule has 2 aliphatic carbocycles. The van der Waals surface area contributed by atoms with Gasteiger partial charge in [-0.25, -0.2) is 9.97 Å². The molecule has 4 rings (SSSR count). The minimum atomic E-state index is 0. The predicted molar refractivity (Wildman–Crippen MR) is 108 cm³/mol. The van der Waals surface area contributed by atoms with E-state index in [4.69, 9.17) is 10.5 Å². The fourth-order valence-electron chi connectivity index (χ4n) is 3.78. The molecule has 2 aliphatic rings. The van der Waals surface area contributed by atoms with Crippen molar-refractivity contribution in [2.75, 3.05) is 12.4 Å². The molecule has 1 aromatic carbocycles. The van der Waals surface area contributed by atoms with Crippen molar-refractivity contribution >= 4 is 30.6 Å². The van der Waals surface area contributed by atoms with Crippen LogP contribution in [0.3, 0.4) is 0 Å². The van der Waals surface area contributed by atoms with Gasteiger partial charge in [0.15, 0.2) is 5.82 Å². The van der Waals surface area contributed by atoms with Crippen LogP contribution >= 0.6 is 24.8 Å². The van der Waals surface area contributed by atoms with Gasteiger partial charge in [-0.05, 0) is 36.8 Å². The van der Waals surface area contributed by atoms with Gasteiger partial charge in [-0.2, -0.15) is 0 Å². The van der Waals surface area contributed by atoms with Crippen molar-refractivity contribution < 1.29 is 4.74 Å². The highest BCUT2D eigenvalue weighted by Crippen LogP contribution is 2.37. The van der Waals surface area contributed by atoms with Crippen LogP contribution in [-0.4, -0.2) is 23.1 Å². The molecule has 1 aromatic heterocycles. The van der Waals surface area contributed by atoms with E-state index in [1.54, 1.807) is 7.11 Å². The van der Waals surface area contributed by atoms with Gasteiger partial charge in [0.05, 0.1) is 6.04 Å². The quantitative estimate of drug-likeness (QED) is 0.804. The zero-order valence-corrected chi connectivity index (χ0v) is 16.5. The molecule has 1 atom stereocenters. The number of nitrogens with zero attached hydrogens (tertiary/aromatic N) is 2. The Hall–Kier alpha value is -1.40. The summed E-state index contributed by atoms with van der Waals surface area (Å²) in [5, 5.41) is 3.61. The van der Waals surface area contributed by atoms with Crippen molar-refractivity contribution in [2.45, 2.75) is 50.3 Å². The summed E-state index contributed by atoms with van der Waals surface area (Å²) in [6.45, 7) is 0.433. The minimum Gasteiger partial charge on any atom is -0.377 e. The molecule has 1 heterocycles. The summed E-state index contributed by atoms with van der Waals surface area (Å²) in [7, 11) is 1.68. The Kier molecular flexibility index (Phi) is 7.24. The van der Waals surface area contributed by atoms with E-state index in [2.05, 4.69) is 45.6 Å². The van der Waals surface area contributed by atoms with Crippen molar-refractivity contribution in [3.63, 3.8) is 0 Å². The number of halogens is 2. The summed E-state index contributed by atoms with van der Waals surface area (Å²) in [5.74, 6) is 2.09. The lowest BCUT2D eigenvalue weighted by Crippen LogP contribution is -2.35. The van der Waals surface area contributed by atoms with Gasteiger partial charge in [0, 0.05) is 30.8 Å². The number of nitrogens with one attached hydrogen (secondary N) is 1. The smallest absolute Gasteiger partial charge is 0.156 e. The van der Waals surface area contributed by atoms with E-state index >= 15 is 0 Å². The number of hydrogen-bond donors (Lipinski definition) is 2. The minimum absolute atomic E-state index is 0.